The topological polar surface area (TPSA) is 304 Å². The third kappa shape index (κ3) is 18.3. The average Bonchev–Trinajstić information content (AvgIpc) is 1.56. The molecule has 10 amide bonds. The van der Waals surface area contributed by atoms with Gasteiger partial charge in [-0.3, -0.25) is 48.4 Å². The second kappa shape index (κ2) is 33.3. The average molecular weight is 1430 g/mol. The van der Waals surface area contributed by atoms with Crippen LogP contribution in [0.3, 0.4) is 0 Å². The van der Waals surface area contributed by atoms with Gasteiger partial charge in [-0.25, -0.2) is 37.5 Å². The number of carbonyl (C=O) groups is 12. The highest BCUT2D eigenvalue weighted by Gasteiger charge is 2.69. The molecule has 5 aliphatic heterocycles. The second-order valence-corrected chi connectivity index (χ2v) is 28.9. The molecule has 0 spiro atoms. The molecule has 0 aromatic heterocycles. The maximum Gasteiger partial charge on any atom is 0.410 e. The molecule has 0 radical (unpaired) electrons. The normalized spacial score (nSPS) is 25.0. The van der Waals surface area contributed by atoms with Crippen molar-refractivity contribution in [2.75, 3.05) is 26.3 Å². The van der Waals surface area contributed by atoms with Crippen molar-refractivity contribution < 1.29 is 94.7 Å². The van der Waals surface area contributed by atoms with E-state index in [4.69, 9.17) is 28.4 Å². The lowest BCUT2D eigenvalue weighted by Crippen LogP contribution is -2.59. The maximum atomic E-state index is 14.6. The van der Waals surface area contributed by atoms with Crippen LogP contribution in [0.4, 0.5) is 28.0 Å². The van der Waals surface area contributed by atoms with Crippen LogP contribution in [0.25, 0.3) is 0 Å². The van der Waals surface area contributed by atoms with E-state index in [1.807, 2.05) is 12.2 Å². The zero-order valence-electron chi connectivity index (χ0n) is 60.2. The summed E-state index contributed by atoms with van der Waals surface area (Å²) in [6.07, 6.45) is 7.83. The van der Waals surface area contributed by atoms with Crippen LogP contribution in [0, 0.1) is 23.5 Å². The number of allylic oxidation sites excluding steroid dienone is 2. The molecule has 2 N–H and O–H groups in total. The molecule has 2 saturated heterocycles. The Labute approximate surface area is 594 Å². The number of hydrogen-bond donors (Lipinski definition) is 2. The Bertz CT molecular complexity index is 3590. The molecule has 10 atom stereocenters. The molecule has 28 heteroatoms. The molecule has 102 heavy (non-hydrogen) atoms. The summed E-state index contributed by atoms with van der Waals surface area (Å²) in [6, 6.07) is 4.29. The summed E-state index contributed by atoms with van der Waals surface area (Å²) >= 11 is 0. The zero-order valence-corrected chi connectivity index (χ0v) is 60.2. The Morgan fingerprint density at radius 2 is 1.30 bits per heavy atom. The fourth-order valence-corrected chi connectivity index (χ4v) is 14.2. The van der Waals surface area contributed by atoms with E-state index in [9.17, 15) is 66.3 Å². The minimum absolute atomic E-state index is 0.00444. The smallest absolute Gasteiger partial charge is 0.410 e. The van der Waals surface area contributed by atoms with Crippen LogP contribution in [-0.2, 0) is 93.0 Å². The molecule has 2 aromatic rings. The number of ether oxygens (including phenoxy) is 6. The molecule has 2 aromatic carbocycles. The summed E-state index contributed by atoms with van der Waals surface area (Å²) in [5.41, 5.74) is -2.88. The van der Waals surface area contributed by atoms with Gasteiger partial charge in [0.25, 0.3) is 11.8 Å². The van der Waals surface area contributed by atoms with E-state index < -0.39 is 154 Å². The molecule has 556 valence electrons. The van der Waals surface area contributed by atoms with Gasteiger partial charge in [0.15, 0.2) is 11.1 Å². The number of alkyl carbamates (subject to hydrolysis) is 2. The Morgan fingerprint density at radius 1 is 0.716 bits per heavy atom. The highest BCUT2D eigenvalue weighted by molar-refractivity contribution is 6.07. The van der Waals surface area contributed by atoms with Gasteiger partial charge in [0.1, 0.15) is 59.2 Å². The number of fused-ring (bicyclic) bond motifs is 4. The summed E-state index contributed by atoms with van der Waals surface area (Å²) in [4.78, 5) is 171. The Balaban J connectivity index is 0.000000259. The zero-order chi connectivity index (χ0) is 74.8. The summed E-state index contributed by atoms with van der Waals surface area (Å²) < 4.78 is 62.1. The SMILES string of the molecule is C=CCCCCC[C@H](NC(=O)OC(C)(C)C)C(=O)N1C[C@H](OC(=O)N2Cc3cccc(F)c3C2)C[C@H]1C(=O)N(C(C)=O)[C@]1(C(=O)OCC)C[C@H]1C=C.CCOC(=O)[C@@]12C[C@H]1/C=C\CCCCC[C@H](NC(=O)OC(C)(C)C)C(=O)N1C[C@H](OC(=O)N3Cc4cccc(F)c4C3)C[C@H]1C(=O)N2C(C)=O. The summed E-state index contributed by atoms with van der Waals surface area (Å²) in [7, 11) is 0. The van der Waals surface area contributed by atoms with Crippen molar-refractivity contribution in [3.8, 4) is 0 Å². The van der Waals surface area contributed by atoms with E-state index in [-0.39, 0.29) is 91.0 Å². The summed E-state index contributed by atoms with van der Waals surface area (Å²) in [5, 5.41) is 5.33. The van der Waals surface area contributed by atoms with Crippen LogP contribution in [0.1, 0.15) is 181 Å². The number of halogens is 2. The van der Waals surface area contributed by atoms with Crippen molar-refractivity contribution in [3.63, 3.8) is 0 Å². The maximum absolute atomic E-state index is 14.6. The quantitative estimate of drug-likeness (QED) is 0.0607. The van der Waals surface area contributed by atoms with E-state index in [2.05, 4.69) is 23.8 Å². The first-order valence-corrected chi connectivity index (χ1v) is 35.2. The fraction of sp³-hybridized carbons (Fsp3) is 0.595. The lowest BCUT2D eigenvalue weighted by molar-refractivity contribution is -0.165. The number of benzene rings is 2. The number of carbonyl (C=O) groups excluding carboxylic acids is 12. The van der Waals surface area contributed by atoms with Gasteiger partial charge in [0, 0.05) is 62.7 Å². The number of nitrogens with zero attached hydrogens (tertiary/aromatic N) is 6. The van der Waals surface area contributed by atoms with Crippen molar-refractivity contribution in [2.24, 2.45) is 11.8 Å². The largest absolute Gasteiger partial charge is 0.464 e. The van der Waals surface area contributed by atoms with E-state index in [0.29, 0.717) is 41.5 Å². The highest BCUT2D eigenvalue weighted by atomic mass is 19.1. The Hall–Kier alpha value is -9.24. The monoisotopic (exact) mass is 1420 g/mol. The minimum atomic E-state index is -1.64. The lowest BCUT2D eigenvalue weighted by atomic mass is 10.0. The number of imide groups is 2. The minimum Gasteiger partial charge on any atom is -0.464 e. The molecule has 7 aliphatic rings. The van der Waals surface area contributed by atoms with Gasteiger partial charge in [-0.2, -0.15) is 0 Å². The first-order chi connectivity index (χ1) is 48.2. The molecule has 2 aliphatic carbocycles. The first-order valence-electron chi connectivity index (χ1n) is 35.2. The number of rotatable bonds is 18. The fourth-order valence-electron chi connectivity index (χ4n) is 14.2. The molecule has 9 rings (SSSR count). The van der Waals surface area contributed by atoms with Crippen LogP contribution in [0.15, 0.2) is 73.9 Å². The summed E-state index contributed by atoms with van der Waals surface area (Å²) in [6.45, 7) is 23.0. The van der Waals surface area contributed by atoms with Crippen molar-refractivity contribution in [2.45, 2.75) is 244 Å². The van der Waals surface area contributed by atoms with Crippen molar-refractivity contribution in [1.29, 1.82) is 0 Å². The van der Waals surface area contributed by atoms with E-state index in [1.54, 1.807) is 85.7 Å². The molecule has 5 heterocycles. The van der Waals surface area contributed by atoms with Crippen molar-refractivity contribution >= 4 is 71.8 Å². The van der Waals surface area contributed by atoms with Crippen LogP contribution in [0.5, 0.6) is 0 Å². The molecule has 2 saturated carbocycles. The lowest BCUT2D eigenvalue weighted by Gasteiger charge is -2.34. The summed E-state index contributed by atoms with van der Waals surface area (Å²) in [5.74, 6) is -7.77. The van der Waals surface area contributed by atoms with E-state index in [0.717, 1.165) is 48.8 Å². The number of hydrogen-bond acceptors (Lipinski definition) is 18. The van der Waals surface area contributed by atoms with Gasteiger partial charge in [-0.15, -0.1) is 13.2 Å². The molecule has 4 fully saturated rings. The Morgan fingerprint density at radius 3 is 1.84 bits per heavy atom. The van der Waals surface area contributed by atoms with Crippen LogP contribution in [-0.4, -0.2) is 186 Å². The third-order valence-corrected chi connectivity index (χ3v) is 19.1. The van der Waals surface area contributed by atoms with E-state index in [1.165, 1.54) is 44.7 Å². The van der Waals surface area contributed by atoms with Gasteiger partial charge in [0.05, 0.1) is 39.4 Å². The van der Waals surface area contributed by atoms with Crippen molar-refractivity contribution in [3.05, 3.63) is 108 Å². The van der Waals surface area contributed by atoms with Crippen LogP contribution >= 0.6 is 0 Å². The predicted octanol–water partition coefficient (Wildman–Crippen LogP) is 9.52. The van der Waals surface area contributed by atoms with Gasteiger partial charge in [-0.05, 0) is 130 Å². The number of esters is 2. The van der Waals surface area contributed by atoms with Crippen LogP contribution < -0.4 is 10.6 Å². The number of nitrogens with one attached hydrogen (secondary N) is 2. The molecular weight excluding hydrogens is 1330 g/mol. The molecule has 26 nitrogen and oxygen atoms in total. The molecular formula is C74H98F2N8O18. The van der Waals surface area contributed by atoms with Gasteiger partial charge in [-0.1, -0.05) is 74.3 Å². The third-order valence-electron chi connectivity index (χ3n) is 19.1. The number of unbranched alkanes of at least 4 members (excludes halogenated alkanes) is 3. The standard InChI is InChI=1S/C38H51FN4O9.C36H47FN4O9/c1-8-11-12-13-14-18-30(40-35(48)52-37(5,6)7)32(45)42-22-27(51-36(49)41-21-25-16-15-17-29(39)28(25)23-41)19-31(42)33(46)43(24(4)44)38(20-26(38)9-2)34(47)50-10-3;1-6-48-32(45)36-18-24(36)14-10-8-7-9-11-16-28(38-33(46)50-35(3,4)5)30(43)40-20-25(17-29(40)31(44)41(36)22(2)42)49-34(47)39-19-23-13-12-15-27(37)26(23)21-39/h8-9,15-17,26-27,30-31H,1-2,10-14,18-23H2,3-7H3,(H,40,48);10,12-15,24-25,28-29H,6-9,11,16-21H2,1-5H3,(H,38,46)/b;14-10-/t26-,27-,30+,31+,38-;24-,25-,28+,29+,36-/m11/s1. The number of likely N-dealkylation sites (tertiary alicyclic amines) is 1. The number of amides is 10. The second-order valence-electron chi connectivity index (χ2n) is 28.9. The highest BCUT2D eigenvalue weighted by Crippen LogP contribution is 2.53. The van der Waals surface area contributed by atoms with Gasteiger partial charge in [0.2, 0.25) is 23.6 Å². The Kier molecular flexibility index (Phi) is 25.6. The van der Waals surface area contributed by atoms with Gasteiger partial charge >= 0.3 is 36.3 Å². The van der Waals surface area contributed by atoms with Gasteiger partial charge < -0.3 is 48.9 Å². The molecule has 0 unspecified atom stereocenters. The predicted molar refractivity (Wildman–Crippen MR) is 364 cm³/mol. The van der Waals surface area contributed by atoms with Crippen LogP contribution in [0.2, 0.25) is 0 Å². The van der Waals surface area contributed by atoms with E-state index >= 15 is 0 Å². The van der Waals surface area contributed by atoms with Crippen molar-refractivity contribution in [1.82, 2.24) is 40.0 Å². The first kappa shape index (κ1) is 78.5. The molecule has 0 bridgehead atoms.